The van der Waals surface area contributed by atoms with E-state index >= 15 is 0 Å². The molecule has 0 amide bonds. The summed E-state index contributed by atoms with van der Waals surface area (Å²) in [5, 5.41) is 2.14. The second kappa shape index (κ2) is 5.23. The topological polar surface area (TPSA) is 57.1 Å². The second-order valence-corrected chi connectivity index (χ2v) is 4.59. The average molecular weight is 305 g/mol. The molecule has 0 N–H and O–H groups in total. The highest BCUT2D eigenvalue weighted by Crippen LogP contribution is 2.41. The van der Waals surface area contributed by atoms with Crippen LogP contribution in [0.4, 0.5) is 13.2 Å². The summed E-state index contributed by atoms with van der Waals surface area (Å²) in [5.41, 5.74) is -0.411. The molecule has 0 radical (unpaired) electrons. The van der Waals surface area contributed by atoms with Crippen molar-refractivity contribution in [3.63, 3.8) is 0 Å². The molecule has 0 atom stereocenters. The van der Waals surface area contributed by atoms with Crippen LogP contribution in [0.2, 0.25) is 0 Å². The van der Waals surface area contributed by atoms with E-state index in [0.717, 1.165) is 19.9 Å². The number of halogens is 3. The number of rotatable bonds is 3. The van der Waals surface area contributed by atoms with E-state index in [1.807, 2.05) is 0 Å². The third kappa shape index (κ3) is 2.67. The summed E-state index contributed by atoms with van der Waals surface area (Å²) in [6.07, 6.45) is -4.67. The minimum atomic E-state index is -4.67. The lowest BCUT2D eigenvalue weighted by molar-refractivity contribution is -0.140. The number of alkyl halides is 3. The SMILES string of the molecule is COc1nc(-c2nc(C)cs2)nc(OC)c1C(F)(F)F. The van der Waals surface area contributed by atoms with Gasteiger partial charge in [0.25, 0.3) is 0 Å². The van der Waals surface area contributed by atoms with Gasteiger partial charge in [0.2, 0.25) is 11.8 Å². The molecule has 0 fully saturated rings. The van der Waals surface area contributed by atoms with Gasteiger partial charge in [0.1, 0.15) is 0 Å². The van der Waals surface area contributed by atoms with Crippen LogP contribution in [-0.2, 0) is 6.18 Å². The number of ether oxygens (including phenoxy) is 2. The van der Waals surface area contributed by atoms with Crippen LogP contribution >= 0.6 is 11.3 Å². The largest absolute Gasteiger partial charge is 0.480 e. The fourth-order valence-electron chi connectivity index (χ4n) is 1.51. The number of hydrogen-bond donors (Lipinski definition) is 0. The molecule has 2 rings (SSSR count). The Morgan fingerprint density at radius 2 is 1.60 bits per heavy atom. The van der Waals surface area contributed by atoms with Crippen molar-refractivity contribution in [2.75, 3.05) is 14.2 Å². The molecule has 2 aromatic rings. The second-order valence-electron chi connectivity index (χ2n) is 3.73. The maximum atomic E-state index is 13.0. The molecule has 20 heavy (non-hydrogen) atoms. The van der Waals surface area contributed by atoms with Gasteiger partial charge in [-0.2, -0.15) is 23.1 Å². The van der Waals surface area contributed by atoms with Crippen LogP contribution in [-0.4, -0.2) is 29.2 Å². The Morgan fingerprint density at radius 1 is 1.05 bits per heavy atom. The van der Waals surface area contributed by atoms with Crippen molar-refractivity contribution in [1.82, 2.24) is 15.0 Å². The lowest BCUT2D eigenvalue weighted by atomic mass is 10.3. The van der Waals surface area contributed by atoms with Crippen LogP contribution in [0.3, 0.4) is 0 Å². The fourth-order valence-corrected chi connectivity index (χ4v) is 2.24. The van der Waals surface area contributed by atoms with Gasteiger partial charge in [-0.1, -0.05) is 0 Å². The minimum Gasteiger partial charge on any atom is -0.480 e. The highest BCUT2D eigenvalue weighted by molar-refractivity contribution is 7.13. The molecule has 0 spiro atoms. The molecule has 108 valence electrons. The van der Waals surface area contributed by atoms with E-state index in [1.54, 1.807) is 12.3 Å². The number of aromatic nitrogens is 3. The summed E-state index contributed by atoms with van der Waals surface area (Å²) in [6, 6.07) is 0. The number of methoxy groups -OCH3 is 2. The zero-order valence-corrected chi connectivity index (χ0v) is 11.6. The molecule has 2 heterocycles. The number of aryl methyl sites for hydroxylation is 1. The van der Waals surface area contributed by atoms with Crippen molar-refractivity contribution in [3.05, 3.63) is 16.6 Å². The van der Waals surface area contributed by atoms with E-state index in [0.29, 0.717) is 5.01 Å². The van der Waals surface area contributed by atoms with Gasteiger partial charge in [-0.15, -0.1) is 11.3 Å². The standard InChI is InChI=1S/C11H10F3N3O2S/c1-5-4-20-10(15-5)7-16-8(18-2)6(11(12,13)14)9(17-7)19-3/h4H,1-3H3. The third-order valence-electron chi connectivity index (χ3n) is 2.32. The van der Waals surface area contributed by atoms with Crippen LogP contribution in [0.5, 0.6) is 11.8 Å². The van der Waals surface area contributed by atoms with Crippen molar-refractivity contribution in [2.45, 2.75) is 13.1 Å². The van der Waals surface area contributed by atoms with E-state index in [9.17, 15) is 13.2 Å². The first-order valence-electron chi connectivity index (χ1n) is 5.36. The molecule has 0 aromatic carbocycles. The van der Waals surface area contributed by atoms with Crippen molar-refractivity contribution in [1.29, 1.82) is 0 Å². The number of thiazole rings is 1. The van der Waals surface area contributed by atoms with Gasteiger partial charge in [0.15, 0.2) is 16.4 Å². The highest BCUT2D eigenvalue weighted by Gasteiger charge is 2.41. The fraction of sp³-hybridized carbons (Fsp3) is 0.364. The van der Waals surface area contributed by atoms with Crippen molar-refractivity contribution < 1.29 is 22.6 Å². The Morgan fingerprint density at radius 3 is 1.95 bits per heavy atom. The Balaban J connectivity index is 2.64. The summed E-state index contributed by atoms with van der Waals surface area (Å²) in [6.45, 7) is 1.76. The number of nitrogens with zero attached hydrogens (tertiary/aromatic N) is 3. The van der Waals surface area contributed by atoms with Crippen LogP contribution in [0.1, 0.15) is 11.3 Å². The molecule has 0 aliphatic heterocycles. The zero-order chi connectivity index (χ0) is 14.9. The maximum absolute atomic E-state index is 13.0. The third-order valence-corrected chi connectivity index (χ3v) is 3.28. The van der Waals surface area contributed by atoms with E-state index in [1.165, 1.54) is 11.3 Å². The molecule has 0 bridgehead atoms. The summed E-state index contributed by atoms with van der Waals surface area (Å²) in [5.74, 6) is -1.15. The average Bonchev–Trinajstić information content (AvgIpc) is 2.82. The smallest absolute Gasteiger partial charge is 0.426 e. The van der Waals surface area contributed by atoms with Gasteiger partial charge < -0.3 is 9.47 Å². The molecule has 2 aromatic heterocycles. The summed E-state index contributed by atoms with van der Waals surface area (Å²) in [7, 11) is 2.21. The Bertz CT molecular complexity index is 603. The lowest BCUT2D eigenvalue weighted by Gasteiger charge is -2.14. The first-order valence-corrected chi connectivity index (χ1v) is 6.24. The van der Waals surface area contributed by atoms with Crippen molar-refractivity contribution in [3.8, 4) is 22.6 Å². The van der Waals surface area contributed by atoms with Gasteiger partial charge in [-0.05, 0) is 6.92 Å². The summed E-state index contributed by atoms with van der Waals surface area (Å²) in [4.78, 5) is 11.7. The Hall–Kier alpha value is -1.90. The van der Waals surface area contributed by atoms with Gasteiger partial charge in [0.05, 0.1) is 14.2 Å². The lowest BCUT2D eigenvalue weighted by Crippen LogP contribution is -2.13. The molecule has 0 unspecified atom stereocenters. The Labute approximate surface area is 116 Å². The normalized spacial score (nSPS) is 11.5. The zero-order valence-electron chi connectivity index (χ0n) is 10.8. The van der Waals surface area contributed by atoms with Gasteiger partial charge in [-0.3, -0.25) is 0 Å². The van der Waals surface area contributed by atoms with Gasteiger partial charge in [-0.25, -0.2) is 4.98 Å². The molecular formula is C11H10F3N3O2S. The predicted molar refractivity (Wildman–Crippen MR) is 66.0 cm³/mol. The molecule has 9 heteroatoms. The van der Waals surface area contributed by atoms with E-state index < -0.39 is 23.5 Å². The Kier molecular flexibility index (Phi) is 3.80. The molecule has 0 aliphatic rings. The van der Waals surface area contributed by atoms with Crippen molar-refractivity contribution >= 4 is 11.3 Å². The van der Waals surface area contributed by atoms with Crippen LogP contribution in [0, 0.1) is 6.92 Å². The molecule has 5 nitrogen and oxygen atoms in total. The number of hydrogen-bond acceptors (Lipinski definition) is 6. The van der Waals surface area contributed by atoms with Crippen LogP contribution < -0.4 is 9.47 Å². The summed E-state index contributed by atoms with van der Waals surface area (Å²) < 4.78 is 48.3. The first kappa shape index (κ1) is 14.5. The van der Waals surface area contributed by atoms with Crippen molar-refractivity contribution in [2.24, 2.45) is 0 Å². The van der Waals surface area contributed by atoms with E-state index in [-0.39, 0.29) is 5.82 Å². The maximum Gasteiger partial charge on any atom is 0.426 e. The quantitative estimate of drug-likeness (QED) is 0.872. The molecular weight excluding hydrogens is 295 g/mol. The molecule has 0 aliphatic carbocycles. The van der Waals surface area contributed by atoms with E-state index in [4.69, 9.17) is 9.47 Å². The highest BCUT2D eigenvalue weighted by atomic mass is 32.1. The summed E-state index contributed by atoms with van der Waals surface area (Å²) >= 11 is 1.23. The molecule has 0 saturated carbocycles. The van der Waals surface area contributed by atoms with Crippen LogP contribution in [0.15, 0.2) is 5.38 Å². The van der Waals surface area contributed by atoms with Gasteiger partial charge >= 0.3 is 6.18 Å². The molecule has 0 saturated heterocycles. The van der Waals surface area contributed by atoms with E-state index in [2.05, 4.69) is 15.0 Å². The predicted octanol–water partition coefficient (Wildman–Crippen LogP) is 2.94. The first-order chi connectivity index (χ1) is 9.36. The van der Waals surface area contributed by atoms with Gasteiger partial charge in [0, 0.05) is 11.1 Å². The monoisotopic (exact) mass is 305 g/mol. The van der Waals surface area contributed by atoms with Crippen LogP contribution in [0.25, 0.3) is 10.8 Å². The minimum absolute atomic E-state index is 0.0322.